The summed E-state index contributed by atoms with van der Waals surface area (Å²) in [6.07, 6.45) is 0. The molecule has 1 atom stereocenters. The molecule has 24 heavy (non-hydrogen) atoms. The molecule has 2 aromatic rings. The fraction of sp³-hybridized carbons (Fsp3) is 0.353. The Morgan fingerprint density at radius 2 is 2.04 bits per heavy atom. The lowest BCUT2D eigenvalue weighted by Crippen LogP contribution is -2.44. The third-order valence-electron chi connectivity index (χ3n) is 3.48. The normalized spacial score (nSPS) is 12.1. The second-order valence-electron chi connectivity index (χ2n) is 5.66. The highest BCUT2D eigenvalue weighted by molar-refractivity contribution is 7.17. The number of amides is 1. The van der Waals surface area contributed by atoms with E-state index in [9.17, 15) is 9.59 Å². The molecule has 1 unspecified atom stereocenters. The highest BCUT2D eigenvalue weighted by atomic mass is 35.5. The molecule has 0 aliphatic heterocycles. The number of halogens is 1. The average Bonchev–Trinajstić information content (AvgIpc) is 2.93. The minimum atomic E-state index is -0.696. The minimum Gasteiger partial charge on any atom is -0.467 e. The van der Waals surface area contributed by atoms with Crippen molar-refractivity contribution < 1.29 is 14.3 Å². The van der Waals surface area contributed by atoms with E-state index in [0.29, 0.717) is 20.6 Å². The van der Waals surface area contributed by atoms with Gasteiger partial charge in [-0.05, 0) is 25.0 Å². The molecule has 1 N–H and O–H groups in total. The molecule has 0 saturated heterocycles. The number of esters is 1. The fourth-order valence-corrected chi connectivity index (χ4v) is 3.34. The van der Waals surface area contributed by atoms with Crippen molar-refractivity contribution in [3.63, 3.8) is 0 Å². The van der Waals surface area contributed by atoms with Crippen molar-refractivity contribution in [3.8, 4) is 10.6 Å². The SMILES string of the molecule is COC(=O)C(NC(=O)c1sc(-c2cccc(Cl)c2)nc1C)C(C)C. The van der Waals surface area contributed by atoms with Crippen molar-refractivity contribution >= 4 is 34.8 Å². The Kier molecular flexibility index (Phi) is 5.96. The number of hydrogen-bond donors (Lipinski definition) is 1. The Hall–Kier alpha value is -1.92. The van der Waals surface area contributed by atoms with Crippen LogP contribution in [0.5, 0.6) is 0 Å². The minimum absolute atomic E-state index is 0.0815. The van der Waals surface area contributed by atoms with Crippen molar-refractivity contribution in [2.45, 2.75) is 26.8 Å². The van der Waals surface area contributed by atoms with E-state index in [0.717, 1.165) is 5.56 Å². The van der Waals surface area contributed by atoms with E-state index in [1.807, 2.05) is 26.0 Å². The van der Waals surface area contributed by atoms with Crippen LogP contribution in [0.2, 0.25) is 5.02 Å². The zero-order valence-corrected chi connectivity index (χ0v) is 15.5. The average molecular weight is 367 g/mol. The third-order valence-corrected chi connectivity index (χ3v) is 4.92. The van der Waals surface area contributed by atoms with Crippen LogP contribution < -0.4 is 5.32 Å². The highest BCUT2D eigenvalue weighted by Crippen LogP contribution is 2.29. The molecule has 5 nitrogen and oxygen atoms in total. The Morgan fingerprint density at radius 3 is 2.62 bits per heavy atom. The summed E-state index contributed by atoms with van der Waals surface area (Å²) in [4.78, 5) is 29.3. The lowest BCUT2D eigenvalue weighted by molar-refractivity contribution is -0.144. The predicted molar refractivity (Wildman–Crippen MR) is 95.4 cm³/mol. The van der Waals surface area contributed by atoms with Gasteiger partial charge in [-0.1, -0.05) is 37.6 Å². The van der Waals surface area contributed by atoms with Crippen LogP contribution in [0.4, 0.5) is 0 Å². The second kappa shape index (κ2) is 7.77. The van der Waals surface area contributed by atoms with Crippen LogP contribution in [-0.2, 0) is 9.53 Å². The maximum Gasteiger partial charge on any atom is 0.328 e. The zero-order chi connectivity index (χ0) is 17.9. The number of carbonyl (C=O) groups is 2. The van der Waals surface area contributed by atoms with Crippen LogP contribution in [0.1, 0.15) is 29.2 Å². The summed E-state index contributed by atoms with van der Waals surface area (Å²) in [5, 5.41) is 4.05. The Labute approximate surface area is 150 Å². The Bertz CT molecular complexity index is 758. The molecular weight excluding hydrogens is 348 g/mol. The van der Waals surface area contributed by atoms with E-state index in [1.165, 1.54) is 18.4 Å². The van der Waals surface area contributed by atoms with Crippen LogP contribution in [0.25, 0.3) is 10.6 Å². The first-order valence-electron chi connectivity index (χ1n) is 7.45. The summed E-state index contributed by atoms with van der Waals surface area (Å²) in [5.41, 5.74) is 1.46. The molecule has 1 amide bonds. The molecule has 1 heterocycles. The Morgan fingerprint density at radius 1 is 1.33 bits per heavy atom. The first kappa shape index (κ1) is 18.4. The number of nitrogens with one attached hydrogen (secondary N) is 1. The van der Waals surface area contributed by atoms with Gasteiger partial charge in [-0.2, -0.15) is 0 Å². The molecule has 1 aromatic carbocycles. The number of ether oxygens (including phenoxy) is 1. The van der Waals surface area contributed by atoms with Gasteiger partial charge in [0.2, 0.25) is 0 Å². The molecule has 0 fully saturated rings. The summed E-state index contributed by atoms with van der Waals surface area (Å²) in [6.45, 7) is 5.46. The van der Waals surface area contributed by atoms with Gasteiger partial charge in [0, 0.05) is 10.6 Å². The van der Waals surface area contributed by atoms with E-state index >= 15 is 0 Å². The lowest BCUT2D eigenvalue weighted by Gasteiger charge is -2.19. The van der Waals surface area contributed by atoms with Gasteiger partial charge in [0.05, 0.1) is 12.8 Å². The van der Waals surface area contributed by atoms with E-state index in [2.05, 4.69) is 10.3 Å². The van der Waals surface area contributed by atoms with Gasteiger partial charge < -0.3 is 10.1 Å². The smallest absolute Gasteiger partial charge is 0.328 e. The number of carbonyl (C=O) groups excluding carboxylic acids is 2. The van der Waals surface area contributed by atoms with Gasteiger partial charge >= 0.3 is 5.97 Å². The number of benzene rings is 1. The molecule has 1 aromatic heterocycles. The van der Waals surface area contributed by atoms with Crippen LogP contribution in [-0.4, -0.2) is 30.0 Å². The first-order valence-corrected chi connectivity index (χ1v) is 8.65. The standard InChI is InChI=1S/C17H19ClN2O3S/c1-9(2)13(17(22)23-4)20-15(21)14-10(3)19-16(24-14)11-6-5-7-12(18)8-11/h5-9,13H,1-4H3,(H,20,21). The third kappa shape index (κ3) is 4.13. The number of nitrogens with zero attached hydrogens (tertiary/aromatic N) is 1. The topological polar surface area (TPSA) is 68.3 Å². The van der Waals surface area contributed by atoms with Crippen molar-refractivity contribution in [2.24, 2.45) is 5.92 Å². The number of hydrogen-bond acceptors (Lipinski definition) is 5. The highest BCUT2D eigenvalue weighted by Gasteiger charge is 2.27. The van der Waals surface area contributed by atoms with Gasteiger partial charge in [0.25, 0.3) is 5.91 Å². The Balaban J connectivity index is 2.26. The predicted octanol–water partition coefficient (Wildman–Crippen LogP) is 3.70. The van der Waals surface area contributed by atoms with Crippen molar-refractivity contribution in [1.29, 1.82) is 0 Å². The number of rotatable bonds is 5. The summed E-state index contributed by atoms with van der Waals surface area (Å²) in [5.74, 6) is -0.875. The maximum absolute atomic E-state index is 12.5. The first-order chi connectivity index (χ1) is 11.3. The monoisotopic (exact) mass is 366 g/mol. The van der Waals surface area contributed by atoms with Gasteiger partial charge in [-0.25, -0.2) is 9.78 Å². The summed E-state index contributed by atoms with van der Waals surface area (Å²) in [7, 11) is 1.30. The van der Waals surface area contributed by atoms with E-state index < -0.39 is 12.0 Å². The molecule has 0 aliphatic rings. The molecule has 2 rings (SSSR count). The van der Waals surface area contributed by atoms with Crippen LogP contribution >= 0.6 is 22.9 Å². The summed E-state index contributed by atoms with van der Waals surface area (Å²) >= 11 is 7.27. The molecular formula is C17H19ClN2O3S. The van der Waals surface area contributed by atoms with E-state index in [-0.39, 0.29) is 11.8 Å². The lowest BCUT2D eigenvalue weighted by atomic mass is 10.0. The van der Waals surface area contributed by atoms with Gasteiger partial charge in [-0.3, -0.25) is 4.79 Å². The fourth-order valence-electron chi connectivity index (χ4n) is 2.18. The molecule has 0 bridgehead atoms. The number of aryl methyl sites for hydroxylation is 1. The van der Waals surface area contributed by atoms with Crippen LogP contribution in [0.15, 0.2) is 24.3 Å². The number of thiazole rings is 1. The molecule has 0 saturated carbocycles. The maximum atomic E-state index is 12.5. The van der Waals surface area contributed by atoms with Crippen molar-refractivity contribution in [3.05, 3.63) is 39.9 Å². The molecule has 0 aliphatic carbocycles. The van der Waals surface area contributed by atoms with Crippen LogP contribution in [0.3, 0.4) is 0 Å². The van der Waals surface area contributed by atoms with Crippen molar-refractivity contribution in [2.75, 3.05) is 7.11 Å². The van der Waals surface area contributed by atoms with Gasteiger partial charge in [0.1, 0.15) is 15.9 Å². The molecule has 0 radical (unpaired) electrons. The molecule has 7 heteroatoms. The second-order valence-corrected chi connectivity index (χ2v) is 7.10. The largest absolute Gasteiger partial charge is 0.467 e. The number of methoxy groups -OCH3 is 1. The van der Waals surface area contributed by atoms with E-state index in [1.54, 1.807) is 19.1 Å². The van der Waals surface area contributed by atoms with Crippen molar-refractivity contribution in [1.82, 2.24) is 10.3 Å². The summed E-state index contributed by atoms with van der Waals surface area (Å²) < 4.78 is 4.75. The summed E-state index contributed by atoms with van der Waals surface area (Å²) in [6, 6.07) is 6.60. The van der Waals surface area contributed by atoms with Crippen LogP contribution in [0, 0.1) is 12.8 Å². The molecule has 128 valence electrons. The van der Waals surface area contributed by atoms with Gasteiger partial charge in [0.15, 0.2) is 0 Å². The number of aromatic nitrogens is 1. The zero-order valence-electron chi connectivity index (χ0n) is 13.9. The van der Waals surface area contributed by atoms with Gasteiger partial charge in [-0.15, -0.1) is 11.3 Å². The molecule has 0 spiro atoms. The quantitative estimate of drug-likeness (QED) is 0.819. The van der Waals surface area contributed by atoms with E-state index in [4.69, 9.17) is 16.3 Å².